The molecular formula is C21H24N4O6S2. The molecule has 1 aliphatic rings. The third-order valence-electron chi connectivity index (χ3n) is 5.39. The number of methoxy groups -OCH3 is 1. The fraction of sp³-hybridized carbons (Fsp3) is 0.381. The molecule has 1 N–H and O–H groups in total. The summed E-state index contributed by atoms with van der Waals surface area (Å²) in [6.07, 6.45) is 2.28. The fourth-order valence-corrected chi connectivity index (χ4v) is 6.44. The van der Waals surface area contributed by atoms with Crippen LogP contribution in [0.2, 0.25) is 0 Å². The molecule has 1 atom stereocenters. The van der Waals surface area contributed by atoms with E-state index in [1.165, 1.54) is 39.6 Å². The van der Waals surface area contributed by atoms with Gasteiger partial charge in [-0.2, -0.15) is 4.31 Å². The van der Waals surface area contributed by atoms with E-state index < -0.39 is 27.9 Å². The monoisotopic (exact) mass is 492 g/mol. The Bertz CT molecular complexity index is 1310. The number of nitrogens with one attached hydrogen (secondary N) is 1. The number of fused-ring (bicyclic) bond motifs is 1. The molecule has 0 spiro atoms. The third kappa shape index (κ3) is 4.45. The number of aromatic nitrogens is 2. The zero-order valence-corrected chi connectivity index (χ0v) is 20.0. The number of anilines is 1. The Hall–Kier alpha value is -2.96. The lowest BCUT2D eigenvalue weighted by Gasteiger charge is -2.22. The number of sulfonamides is 1. The highest BCUT2D eigenvalue weighted by Crippen LogP contribution is 2.31. The summed E-state index contributed by atoms with van der Waals surface area (Å²) in [7, 11) is -1.21. The van der Waals surface area contributed by atoms with Crippen LogP contribution in [0.3, 0.4) is 0 Å². The van der Waals surface area contributed by atoms with Crippen LogP contribution in [-0.2, 0) is 26.6 Å². The summed E-state index contributed by atoms with van der Waals surface area (Å²) < 4.78 is 40.2. The molecule has 2 aromatic heterocycles. The molecule has 3 heterocycles. The zero-order valence-electron chi connectivity index (χ0n) is 18.4. The molecule has 176 valence electrons. The largest absolute Gasteiger partial charge is 0.494 e. The van der Waals surface area contributed by atoms with Gasteiger partial charge in [-0.25, -0.2) is 18.2 Å². The van der Waals surface area contributed by atoms with Gasteiger partial charge in [0.2, 0.25) is 15.9 Å². The first-order valence-electron chi connectivity index (χ1n) is 10.4. The standard InChI is InChI=1S/C21H24N4O6S2/c1-4-31-13-7-8-15-18(10-13)32-21(22-15)23-19(26)16-6-5-9-25(16)33(28,29)14-11-17(20(27)30-3)24(2)12-14/h7-8,10-12,16H,4-6,9H2,1-3H3,(H,22,23,26)/t16-/m1/s1. The van der Waals surface area contributed by atoms with E-state index in [0.717, 1.165) is 4.70 Å². The molecule has 1 fully saturated rings. The SMILES string of the molecule is CCOc1ccc2nc(NC(=O)[C@H]3CCCN3S(=O)(=O)c3cc(C(=O)OC)n(C)c3)sc2c1. The van der Waals surface area contributed by atoms with Crippen molar-refractivity contribution in [1.29, 1.82) is 0 Å². The summed E-state index contributed by atoms with van der Waals surface area (Å²) in [5, 5.41) is 3.15. The van der Waals surface area contributed by atoms with Gasteiger partial charge in [0.1, 0.15) is 22.4 Å². The van der Waals surface area contributed by atoms with Gasteiger partial charge in [0.05, 0.1) is 23.9 Å². The number of nitrogens with zero attached hydrogens (tertiary/aromatic N) is 3. The average molecular weight is 493 g/mol. The quantitative estimate of drug-likeness (QED) is 0.504. The van der Waals surface area contributed by atoms with Crippen LogP contribution in [-0.4, -0.2) is 60.5 Å². The number of rotatable bonds is 7. The molecule has 0 saturated carbocycles. The highest BCUT2D eigenvalue weighted by Gasteiger charge is 2.40. The van der Waals surface area contributed by atoms with Crippen LogP contribution in [0.5, 0.6) is 5.75 Å². The van der Waals surface area contributed by atoms with Gasteiger partial charge in [-0.05, 0) is 44.0 Å². The van der Waals surface area contributed by atoms with E-state index >= 15 is 0 Å². The summed E-state index contributed by atoms with van der Waals surface area (Å²) in [5.74, 6) is -0.365. The van der Waals surface area contributed by atoms with Crippen LogP contribution in [0.4, 0.5) is 5.13 Å². The molecule has 0 unspecified atom stereocenters. The molecule has 1 amide bonds. The minimum absolute atomic E-state index is 0.0615. The van der Waals surface area contributed by atoms with E-state index in [9.17, 15) is 18.0 Å². The second kappa shape index (κ2) is 9.12. The van der Waals surface area contributed by atoms with E-state index in [2.05, 4.69) is 10.3 Å². The zero-order chi connectivity index (χ0) is 23.8. The first-order chi connectivity index (χ1) is 15.7. The molecular weight excluding hydrogens is 468 g/mol. The van der Waals surface area contributed by atoms with Crippen molar-refractivity contribution in [2.75, 3.05) is 25.6 Å². The van der Waals surface area contributed by atoms with Crippen molar-refractivity contribution >= 4 is 48.6 Å². The van der Waals surface area contributed by atoms with Crippen LogP contribution in [0.1, 0.15) is 30.3 Å². The molecule has 0 radical (unpaired) electrons. The number of hydrogen-bond donors (Lipinski definition) is 1. The van der Waals surface area contributed by atoms with Gasteiger partial charge in [-0.15, -0.1) is 0 Å². The number of ether oxygens (including phenoxy) is 2. The van der Waals surface area contributed by atoms with Crippen LogP contribution in [0, 0.1) is 0 Å². The van der Waals surface area contributed by atoms with E-state index in [4.69, 9.17) is 9.47 Å². The Morgan fingerprint density at radius 1 is 1.30 bits per heavy atom. The normalized spacial score (nSPS) is 16.8. The highest BCUT2D eigenvalue weighted by molar-refractivity contribution is 7.89. The second-order valence-electron chi connectivity index (χ2n) is 7.51. The maximum atomic E-state index is 13.3. The minimum atomic E-state index is -3.99. The Kier molecular flexibility index (Phi) is 6.41. The molecule has 3 aromatic rings. The number of hydrogen-bond acceptors (Lipinski definition) is 8. The Balaban J connectivity index is 1.55. The number of esters is 1. The van der Waals surface area contributed by atoms with Crippen molar-refractivity contribution in [3.63, 3.8) is 0 Å². The molecule has 10 nitrogen and oxygen atoms in total. The average Bonchev–Trinajstić information content (AvgIpc) is 3.51. The van der Waals surface area contributed by atoms with Crippen molar-refractivity contribution in [3.8, 4) is 5.75 Å². The van der Waals surface area contributed by atoms with E-state index in [-0.39, 0.29) is 17.1 Å². The first kappa shape index (κ1) is 23.2. The number of thiazole rings is 1. The van der Waals surface area contributed by atoms with Crippen molar-refractivity contribution in [2.45, 2.75) is 30.7 Å². The first-order valence-corrected chi connectivity index (χ1v) is 12.6. The number of aryl methyl sites for hydroxylation is 1. The van der Waals surface area contributed by atoms with Gasteiger partial charge in [0, 0.05) is 19.8 Å². The topological polar surface area (TPSA) is 120 Å². The maximum Gasteiger partial charge on any atom is 0.354 e. The lowest BCUT2D eigenvalue weighted by Crippen LogP contribution is -2.43. The molecule has 1 saturated heterocycles. The molecule has 33 heavy (non-hydrogen) atoms. The van der Waals surface area contributed by atoms with Crippen molar-refractivity contribution < 1.29 is 27.5 Å². The lowest BCUT2D eigenvalue weighted by molar-refractivity contribution is -0.119. The fourth-order valence-electron chi connectivity index (χ4n) is 3.81. The van der Waals surface area contributed by atoms with Crippen molar-refractivity contribution in [1.82, 2.24) is 13.9 Å². The van der Waals surface area contributed by atoms with Gasteiger partial charge < -0.3 is 19.4 Å². The third-order valence-corrected chi connectivity index (χ3v) is 8.20. The number of carbonyl (C=O) groups is 2. The summed E-state index contributed by atoms with van der Waals surface area (Å²) in [4.78, 5) is 29.3. The van der Waals surface area contributed by atoms with Crippen molar-refractivity contribution in [2.24, 2.45) is 7.05 Å². The summed E-state index contributed by atoms with van der Waals surface area (Å²) in [6.45, 7) is 2.65. The van der Waals surface area contributed by atoms with E-state index in [1.807, 2.05) is 25.1 Å². The van der Waals surface area contributed by atoms with E-state index in [1.54, 1.807) is 7.05 Å². The molecule has 0 aliphatic carbocycles. The second-order valence-corrected chi connectivity index (χ2v) is 10.4. The van der Waals surface area contributed by atoms with Crippen molar-refractivity contribution in [3.05, 3.63) is 36.2 Å². The van der Waals surface area contributed by atoms with Gasteiger partial charge in [-0.3, -0.25) is 4.79 Å². The van der Waals surface area contributed by atoms with Gasteiger partial charge in [-0.1, -0.05) is 11.3 Å². The Morgan fingerprint density at radius 3 is 2.82 bits per heavy atom. The lowest BCUT2D eigenvalue weighted by atomic mass is 10.2. The van der Waals surface area contributed by atoms with Gasteiger partial charge in [0.25, 0.3) is 0 Å². The molecule has 12 heteroatoms. The molecule has 1 aliphatic heterocycles. The predicted octanol–water partition coefficient (Wildman–Crippen LogP) is 2.61. The maximum absolute atomic E-state index is 13.3. The minimum Gasteiger partial charge on any atom is -0.494 e. The van der Waals surface area contributed by atoms with Gasteiger partial charge in [0.15, 0.2) is 5.13 Å². The molecule has 0 bridgehead atoms. The van der Waals surface area contributed by atoms with Crippen LogP contribution in [0.25, 0.3) is 10.2 Å². The smallest absolute Gasteiger partial charge is 0.354 e. The number of amides is 1. The molecule has 1 aromatic carbocycles. The summed E-state index contributed by atoms with van der Waals surface area (Å²) in [6, 6.07) is 5.87. The number of benzene rings is 1. The Labute approximate surface area is 195 Å². The highest BCUT2D eigenvalue weighted by atomic mass is 32.2. The van der Waals surface area contributed by atoms with Gasteiger partial charge >= 0.3 is 5.97 Å². The number of carbonyl (C=O) groups excluding carboxylic acids is 2. The molecule has 4 rings (SSSR count). The summed E-state index contributed by atoms with van der Waals surface area (Å²) >= 11 is 1.29. The van der Waals surface area contributed by atoms with Crippen LogP contribution >= 0.6 is 11.3 Å². The predicted molar refractivity (Wildman–Crippen MR) is 123 cm³/mol. The van der Waals surface area contributed by atoms with Crippen LogP contribution < -0.4 is 10.1 Å². The van der Waals surface area contributed by atoms with E-state index in [0.29, 0.717) is 35.8 Å². The summed E-state index contributed by atoms with van der Waals surface area (Å²) in [5.41, 5.74) is 0.825. The Morgan fingerprint density at radius 2 is 2.09 bits per heavy atom. The van der Waals surface area contributed by atoms with Crippen LogP contribution in [0.15, 0.2) is 35.4 Å².